The Kier molecular flexibility index (Phi) is 3.13. The van der Waals surface area contributed by atoms with Crippen LogP contribution in [0.15, 0.2) is 24.4 Å². The highest BCUT2D eigenvalue weighted by molar-refractivity contribution is 5.87. The van der Waals surface area contributed by atoms with Crippen molar-refractivity contribution in [2.24, 2.45) is 7.05 Å². The van der Waals surface area contributed by atoms with Crippen LogP contribution in [0.1, 0.15) is 12.5 Å². The SMILES string of the molecule is CCOC(=O)Cc1cn(C)c2cc(F)ccc12. The molecule has 0 aliphatic carbocycles. The smallest absolute Gasteiger partial charge is 0.310 e. The molecule has 0 aliphatic heterocycles. The molecule has 1 heterocycles. The van der Waals surface area contributed by atoms with Gasteiger partial charge in [-0.2, -0.15) is 0 Å². The van der Waals surface area contributed by atoms with E-state index in [-0.39, 0.29) is 18.2 Å². The van der Waals surface area contributed by atoms with Gasteiger partial charge in [0, 0.05) is 18.6 Å². The van der Waals surface area contributed by atoms with E-state index in [1.54, 1.807) is 13.0 Å². The van der Waals surface area contributed by atoms with Crippen LogP contribution in [0.3, 0.4) is 0 Å². The Labute approximate surface area is 98.8 Å². The van der Waals surface area contributed by atoms with Gasteiger partial charge in [-0.25, -0.2) is 4.39 Å². The lowest BCUT2D eigenvalue weighted by atomic mass is 10.1. The van der Waals surface area contributed by atoms with E-state index in [9.17, 15) is 9.18 Å². The molecule has 0 fully saturated rings. The van der Waals surface area contributed by atoms with E-state index in [0.29, 0.717) is 6.61 Å². The zero-order valence-electron chi connectivity index (χ0n) is 9.87. The third kappa shape index (κ3) is 2.30. The van der Waals surface area contributed by atoms with Crippen LogP contribution in [0.4, 0.5) is 4.39 Å². The number of hydrogen-bond acceptors (Lipinski definition) is 2. The van der Waals surface area contributed by atoms with Gasteiger partial charge in [-0.15, -0.1) is 0 Å². The second-order valence-corrected chi connectivity index (χ2v) is 3.91. The number of halogens is 1. The summed E-state index contributed by atoms with van der Waals surface area (Å²) in [6.45, 7) is 2.15. The summed E-state index contributed by atoms with van der Waals surface area (Å²) in [6, 6.07) is 4.56. The number of hydrogen-bond donors (Lipinski definition) is 0. The van der Waals surface area contributed by atoms with E-state index in [0.717, 1.165) is 16.5 Å². The number of nitrogens with zero attached hydrogens (tertiary/aromatic N) is 1. The number of carbonyl (C=O) groups excluding carboxylic acids is 1. The number of aryl methyl sites for hydroxylation is 1. The van der Waals surface area contributed by atoms with Crippen LogP contribution < -0.4 is 0 Å². The van der Waals surface area contributed by atoms with Crippen molar-refractivity contribution in [3.05, 3.63) is 35.8 Å². The highest BCUT2D eigenvalue weighted by Gasteiger charge is 2.11. The van der Waals surface area contributed by atoms with E-state index in [2.05, 4.69) is 0 Å². The molecule has 0 saturated carbocycles. The van der Waals surface area contributed by atoms with Gasteiger partial charge in [0.2, 0.25) is 0 Å². The Bertz CT molecular complexity index is 560. The Balaban J connectivity index is 2.38. The molecule has 1 aromatic carbocycles. The van der Waals surface area contributed by atoms with Crippen molar-refractivity contribution in [2.75, 3.05) is 6.61 Å². The summed E-state index contributed by atoms with van der Waals surface area (Å²) in [5.41, 5.74) is 1.64. The first-order valence-corrected chi connectivity index (χ1v) is 5.51. The fraction of sp³-hybridized carbons (Fsp3) is 0.308. The topological polar surface area (TPSA) is 31.2 Å². The third-order valence-electron chi connectivity index (χ3n) is 2.68. The van der Waals surface area contributed by atoms with Gasteiger partial charge in [0.15, 0.2) is 0 Å². The first kappa shape index (κ1) is 11.6. The Morgan fingerprint density at radius 1 is 1.47 bits per heavy atom. The van der Waals surface area contributed by atoms with Gasteiger partial charge in [0.25, 0.3) is 0 Å². The zero-order valence-corrected chi connectivity index (χ0v) is 9.87. The fourth-order valence-corrected chi connectivity index (χ4v) is 1.95. The maximum atomic E-state index is 13.1. The predicted molar refractivity (Wildman–Crippen MR) is 63.2 cm³/mol. The largest absolute Gasteiger partial charge is 0.466 e. The number of benzene rings is 1. The molecule has 0 N–H and O–H groups in total. The summed E-state index contributed by atoms with van der Waals surface area (Å²) in [6.07, 6.45) is 2.05. The van der Waals surface area contributed by atoms with Crippen LogP contribution in [0.25, 0.3) is 10.9 Å². The average molecular weight is 235 g/mol. The minimum absolute atomic E-state index is 0.219. The molecule has 4 heteroatoms. The third-order valence-corrected chi connectivity index (χ3v) is 2.68. The fourth-order valence-electron chi connectivity index (χ4n) is 1.95. The van der Waals surface area contributed by atoms with Gasteiger partial charge in [-0.1, -0.05) is 0 Å². The standard InChI is InChI=1S/C13H14FNO2/c1-3-17-13(16)6-9-8-15(2)12-7-10(14)4-5-11(9)12/h4-5,7-8H,3,6H2,1-2H3. The Morgan fingerprint density at radius 3 is 2.94 bits per heavy atom. The lowest BCUT2D eigenvalue weighted by Crippen LogP contribution is -2.07. The quantitative estimate of drug-likeness (QED) is 0.765. The number of aromatic nitrogens is 1. The highest BCUT2D eigenvalue weighted by Crippen LogP contribution is 2.22. The van der Waals surface area contributed by atoms with E-state index >= 15 is 0 Å². The van der Waals surface area contributed by atoms with Crippen LogP contribution in [0.2, 0.25) is 0 Å². The molecule has 1 aromatic heterocycles. The minimum atomic E-state index is -0.276. The van der Waals surface area contributed by atoms with Crippen molar-refractivity contribution in [2.45, 2.75) is 13.3 Å². The van der Waals surface area contributed by atoms with Crippen LogP contribution in [0, 0.1) is 5.82 Å². The lowest BCUT2D eigenvalue weighted by Gasteiger charge is -2.00. The van der Waals surface area contributed by atoms with Crippen molar-refractivity contribution in [3.8, 4) is 0 Å². The average Bonchev–Trinajstić information content (AvgIpc) is 2.56. The molecule has 0 radical (unpaired) electrons. The summed E-state index contributed by atoms with van der Waals surface area (Å²) < 4.78 is 19.8. The molecule has 90 valence electrons. The molecule has 0 unspecified atom stereocenters. The van der Waals surface area contributed by atoms with Crippen LogP contribution in [0.5, 0.6) is 0 Å². The van der Waals surface area contributed by atoms with E-state index in [4.69, 9.17) is 4.74 Å². The zero-order chi connectivity index (χ0) is 12.4. The first-order chi connectivity index (χ1) is 8.11. The highest BCUT2D eigenvalue weighted by atomic mass is 19.1. The summed E-state index contributed by atoms with van der Waals surface area (Å²) in [5, 5.41) is 0.891. The maximum absolute atomic E-state index is 13.1. The summed E-state index contributed by atoms with van der Waals surface area (Å²) >= 11 is 0. The van der Waals surface area contributed by atoms with Crippen LogP contribution in [-0.2, 0) is 23.0 Å². The normalized spacial score (nSPS) is 10.8. The molecule has 0 atom stereocenters. The second kappa shape index (κ2) is 4.57. The van der Waals surface area contributed by atoms with Crippen molar-refractivity contribution in [3.63, 3.8) is 0 Å². The number of rotatable bonds is 3. The molecule has 0 aliphatic rings. The van der Waals surface area contributed by atoms with Crippen molar-refractivity contribution in [1.29, 1.82) is 0 Å². The van der Waals surface area contributed by atoms with Gasteiger partial charge in [0.05, 0.1) is 18.5 Å². The van der Waals surface area contributed by atoms with E-state index in [1.807, 2.05) is 17.8 Å². The van der Waals surface area contributed by atoms with Crippen molar-refractivity contribution in [1.82, 2.24) is 4.57 Å². The van der Waals surface area contributed by atoms with Crippen LogP contribution in [-0.4, -0.2) is 17.1 Å². The van der Waals surface area contributed by atoms with E-state index in [1.165, 1.54) is 12.1 Å². The van der Waals surface area contributed by atoms with Gasteiger partial charge in [0.1, 0.15) is 5.82 Å². The number of ether oxygens (including phenoxy) is 1. The second-order valence-electron chi connectivity index (χ2n) is 3.91. The molecule has 2 rings (SSSR count). The lowest BCUT2D eigenvalue weighted by molar-refractivity contribution is -0.142. The molecular formula is C13H14FNO2. The molecule has 3 nitrogen and oxygen atoms in total. The molecule has 0 bridgehead atoms. The summed E-state index contributed by atoms with van der Waals surface area (Å²) in [4.78, 5) is 11.4. The Hall–Kier alpha value is -1.84. The predicted octanol–water partition coefficient (Wildman–Crippen LogP) is 2.42. The first-order valence-electron chi connectivity index (χ1n) is 5.51. The maximum Gasteiger partial charge on any atom is 0.310 e. The molecule has 2 aromatic rings. The molecule has 0 saturated heterocycles. The van der Waals surface area contributed by atoms with E-state index < -0.39 is 0 Å². The summed E-state index contributed by atoms with van der Waals surface area (Å²) in [7, 11) is 1.83. The van der Waals surface area contributed by atoms with Crippen molar-refractivity contribution >= 4 is 16.9 Å². The monoisotopic (exact) mass is 235 g/mol. The minimum Gasteiger partial charge on any atom is -0.466 e. The molecular weight excluding hydrogens is 221 g/mol. The number of esters is 1. The molecule has 0 amide bonds. The van der Waals surface area contributed by atoms with Gasteiger partial charge >= 0.3 is 5.97 Å². The summed E-state index contributed by atoms with van der Waals surface area (Å²) in [5.74, 6) is -0.536. The number of fused-ring (bicyclic) bond motifs is 1. The van der Waals surface area contributed by atoms with Gasteiger partial charge in [-0.3, -0.25) is 4.79 Å². The number of carbonyl (C=O) groups is 1. The Morgan fingerprint density at radius 2 is 2.24 bits per heavy atom. The molecule has 17 heavy (non-hydrogen) atoms. The van der Waals surface area contributed by atoms with Crippen molar-refractivity contribution < 1.29 is 13.9 Å². The van der Waals surface area contributed by atoms with Gasteiger partial charge in [-0.05, 0) is 30.7 Å². The molecule has 0 spiro atoms. The van der Waals surface area contributed by atoms with Crippen LogP contribution >= 0.6 is 0 Å². The van der Waals surface area contributed by atoms with Gasteiger partial charge < -0.3 is 9.30 Å².